The Morgan fingerprint density at radius 2 is 1.00 bits per heavy atom. The van der Waals surface area contributed by atoms with Crippen molar-refractivity contribution in [3.05, 3.63) is 132 Å². The third-order valence-corrected chi connectivity index (χ3v) is 7.63. The number of benzene rings is 6. The average molecular weight is 509 g/mol. The van der Waals surface area contributed by atoms with E-state index in [4.69, 9.17) is 0 Å². The fraction of sp³-hybridized carbons (Fsp3) is 0. The molecule has 0 nitrogen and oxygen atoms in total. The molecular weight excluding hydrogens is 488 g/mol. The lowest BCUT2D eigenvalue weighted by atomic mass is 9.91. The van der Waals surface area contributed by atoms with Gasteiger partial charge in [-0.25, -0.2) is 0 Å². The van der Waals surface area contributed by atoms with Crippen LogP contribution in [0.4, 0.5) is 0 Å². The first kappa shape index (κ1) is 20.4. The summed E-state index contributed by atoms with van der Waals surface area (Å²) < 4.78 is 1.10. The predicted octanol–water partition coefficient (Wildman–Crippen LogP) is 10.3. The van der Waals surface area contributed by atoms with Crippen LogP contribution >= 0.6 is 15.9 Å². The van der Waals surface area contributed by atoms with E-state index in [1.54, 1.807) is 0 Å². The van der Waals surface area contributed by atoms with E-state index in [9.17, 15) is 0 Å². The third kappa shape index (κ3) is 3.35. The summed E-state index contributed by atoms with van der Waals surface area (Å²) in [5.41, 5.74) is 12.8. The smallest absolute Gasteiger partial charge is 0.0175 e. The van der Waals surface area contributed by atoms with Gasteiger partial charge < -0.3 is 0 Å². The van der Waals surface area contributed by atoms with Crippen molar-refractivity contribution in [2.75, 3.05) is 0 Å². The normalized spacial score (nSPS) is 11.6. The summed E-state index contributed by atoms with van der Waals surface area (Å²) >= 11 is 3.55. The summed E-state index contributed by atoms with van der Waals surface area (Å²) in [6.45, 7) is 0. The molecule has 0 N–H and O–H groups in total. The highest BCUT2D eigenvalue weighted by atomic mass is 79.9. The van der Waals surface area contributed by atoms with Gasteiger partial charge in [0, 0.05) is 4.47 Å². The van der Waals surface area contributed by atoms with E-state index in [0.717, 1.165) is 4.47 Å². The fourth-order valence-corrected chi connectivity index (χ4v) is 5.67. The number of fused-ring (bicyclic) bond motifs is 3. The first-order chi connectivity index (χ1) is 17.3. The van der Waals surface area contributed by atoms with Crippen LogP contribution in [-0.4, -0.2) is 0 Å². The molecule has 0 spiro atoms. The maximum Gasteiger partial charge on any atom is 0.0175 e. The van der Waals surface area contributed by atoms with Gasteiger partial charge in [-0.05, 0) is 84.6 Å². The van der Waals surface area contributed by atoms with Gasteiger partial charge in [0.15, 0.2) is 0 Å². The third-order valence-electron chi connectivity index (χ3n) is 7.11. The van der Waals surface area contributed by atoms with E-state index < -0.39 is 0 Å². The van der Waals surface area contributed by atoms with Gasteiger partial charge in [-0.3, -0.25) is 0 Å². The standard InChI is InChI=1S/C34H21Br/c35-28-17-13-24(14-18-28)27-16-20-31-32(21-27)30-8-4-7-26-15-19-29(34(31)33(26)30)25-11-9-23(10-12-25)22-5-2-1-3-6-22/h1-21H. The van der Waals surface area contributed by atoms with Crippen molar-refractivity contribution in [3.8, 4) is 55.6 Å². The second-order valence-corrected chi connectivity index (χ2v) is 10.0. The molecule has 0 bridgehead atoms. The number of halogens is 1. The molecule has 0 saturated heterocycles. The molecule has 0 aromatic heterocycles. The molecule has 0 atom stereocenters. The van der Waals surface area contributed by atoms with Crippen LogP contribution in [0.15, 0.2) is 132 Å². The van der Waals surface area contributed by atoms with Gasteiger partial charge in [0.25, 0.3) is 0 Å². The molecule has 35 heavy (non-hydrogen) atoms. The molecule has 7 rings (SSSR count). The molecule has 1 aliphatic rings. The molecule has 1 heteroatoms. The van der Waals surface area contributed by atoms with Gasteiger partial charge in [0.2, 0.25) is 0 Å². The summed E-state index contributed by atoms with van der Waals surface area (Å²) in [6, 6.07) is 46.3. The summed E-state index contributed by atoms with van der Waals surface area (Å²) in [5.74, 6) is 0. The van der Waals surface area contributed by atoms with Gasteiger partial charge in [-0.15, -0.1) is 0 Å². The highest BCUT2D eigenvalue weighted by Gasteiger charge is 2.24. The first-order valence-corrected chi connectivity index (χ1v) is 12.7. The van der Waals surface area contributed by atoms with Crippen LogP contribution in [0.1, 0.15) is 0 Å². The molecule has 0 heterocycles. The van der Waals surface area contributed by atoms with Crippen molar-refractivity contribution in [1.29, 1.82) is 0 Å². The number of rotatable bonds is 3. The van der Waals surface area contributed by atoms with Crippen LogP contribution in [0, 0.1) is 0 Å². The summed E-state index contributed by atoms with van der Waals surface area (Å²) in [7, 11) is 0. The molecule has 164 valence electrons. The van der Waals surface area contributed by atoms with E-state index in [-0.39, 0.29) is 0 Å². The molecule has 0 saturated carbocycles. The van der Waals surface area contributed by atoms with Gasteiger partial charge in [0.1, 0.15) is 0 Å². The zero-order chi connectivity index (χ0) is 23.4. The lowest BCUT2D eigenvalue weighted by Crippen LogP contribution is -1.86. The number of hydrogen-bond acceptors (Lipinski definition) is 0. The molecule has 0 unspecified atom stereocenters. The molecule has 0 amide bonds. The highest BCUT2D eigenvalue weighted by Crippen LogP contribution is 2.52. The molecule has 0 fully saturated rings. The Morgan fingerprint density at radius 3 is 1.80 bits per heavy atom. The highest BCUT2D eigenvalue weighted by molar-refractivity contribution is 9.10. The average Bonchev–Trinajstić information content (AvgIpc) is 3.25. The summed E-state index contributed by atoms with van der Waals surface area (Å²) in [6.07, 6.45) is 0. The summed E-state index contributed by atoms with van der Waals surface area (Å²) in [4.78, 5) is 0. The van der Waals surface area contributed by atoms with Crippen LogP contribution in [0.2, 0.25) is 0 Å². The SMILES string of the molecule is Brc1ccc(-c2ccc3c(c2)-c2cccc4ccc(-c5ccc(-c6ccccc6)cc5)c-3c24)cc1. The zero-order valence-corrected chi connectivity index (χ0v) is 20.6. The second-order valence-electron chi connectivity index (χ2n) is 9.10. The molecular formula is C34H21Br. The molecule has 1 aliphatic carbocycles. The fourth-order valence-electron chi connectivity index (χ4n) is 5.40. The van der Waals surface area contributed by atoms with Crippen molar-refractivity contribution in [3.63, 3.8) is 0 Å². The van der Waals surface area contributed by atoms with Crippen LogP contribution in [0.3, 0.4) is 0 Å². The minimum Gasteiger partial charge on any atom is -0.0622 e. The van der Waals surface area contributed by atoms with E-state index in [2.05, 4.69) is 143 Å². The maximum absolute atomic E-state index is 3.55. The van der Waals surface area contributed by atoms with Crippen LogP contribution in [-0.2, 0) is 0 Å². The molecule has 0 radical (unpaired) electrons. The Bertz CT molecular complexity index is 1710. The van der Waals surface area contributed by atoms with E-state index in [1.807, 2.05) is 0 Å². The van der Waals surface area contributed by atoms with Gasteiger partial charge in [0.05, 0.1) is 0 Å². The Hall–Kier alpha value is -3.94. The Labute approximate surface area is 213 Å². The minimum atomic E-state index is 1.10. The van der Waals surface area contributed by atoms with Crippen molar-refractivity contribution in [2.24, 2.45) is 0 Å². The zero-order valence-electron chi connectivity index (χ0n) is 19.0. The topological polar surface area (TPSA) is 0 Å². The van der Waals surface area contributed by atoms with Gasteiger partial charge in [-0.2, -0.15) is 0 Å². The van der Waals surface area contributed by atoms with Gasteiger partial charge >= 0.3 is 0 Å². The van der Waals surface area contributed by atoms with Crippen molar-refractivity contribution < 1.29 is 0 Å². The van der Waals surface area contributed by atoms with Crippen LogP contribution in [0.5, 0.6) is 0 Å². The Balaban J connectivity index is 1.39. The first-order valence-electron chi connectivity index (χ1n) is 11.9. The Morgan fingerprint density at radius 1 is 0.371 bits per heavy atom. The molecule has 6 aromatic carbocycles. The lowest BCUT2D eigenvalue weighted by molar-refractivity contribution is 1.59. The molecule has 6 aromatic rings. The van der Waals surface area contributed by atoms with Crippen LogP contribution < -0.4 is 0 Å². The van der Waals surface area contributed by atoms with Crippen molar-refractivity contribution in [1.82, 2.24) is 0 Å². The maximum atomic E-state index is 3.55. The number of hydrogen-bond donors (Lipinski definition) is 0. The quantitative estimate of drug-likeness (QED) is 0.222. The second kappa shape index (κ2) is 8.08. The Kier molecular flexibility index (Phi) is 4.72. The van der Waals surface area contributed by atoms with E-state index in [0.29, 0.717) is 0 Å². The largest absolute Gasteiger partial charge is 0.0622 e. The van der Waals surface area contributed by atoms with Gasteiger partial charge in [-0.1, -0.05) is 125 Å². The van der Waals surface area contributed by atoms with Crippen molar-refractivity contribution >= 4 is 26.7 Å². The predicted molar refractivity (Wildman–Crippen MR) is 152 cm³/mol. The van der Waals surface area contributed by atoms with E-state index >= 15 is 0 Å². The van der Waals surface area contributed by atoms with Crippen LogP contribution in [0.25, 0.3) is 66.4 Å². The minimum absolute atomic E-state index is 1.10. The van der Waals surface area contributed by atoms with Crippen molar-refractivity contribution in [2.45, 2.75) is 0 Å². The lowest BCUT2D eigenvalue weighted by Gasteiger charge is -2.12. The van der Waals surface area contributed by atoms with E-state index in [1.165, 1.54) is 66.4 Å². The molecule has 0 aliphatic heterocycles. The summed E-state index contributed by atoms with van der Waals surface area (Å²) in [5, 5.41) is 2.66. The monoisotopic (exact) mass is 508 g/mol.